The largest absolute Gasteiger partial charge is 0.390 e. The number of rotatable bonds is 8. The maximum Gasteiger partial charge on any atom is 0.227 e. The summed E-state index contributed by atoms with van der Waals surface area (Å²) in [6.07, 6.45) is 3.56. The van der Waals surface area contributed by atoms with Crippen molar-refractivity contribution >= 4 is 43.9 Å². The van der Waals surface area contributed by atoms with Crippen molar-refractivity contribution in [2.75, 3.05) is 46.8 Å². The fraction of sp³-hybridized carbons (Fsp3) is 0.536. The monoisotopic (exact) mass is 556 g/mol. The quantitative estimate of drug-likeness (QED) is 0.424. The second-order valence-electron chi connectivity index (χ2n) is 11.2. The minimum atomic E-state index is -2.97. The van der Waals surface area contributed by atoms with Gasteiger partial charge in [-0.15, -0.1) is 0 Å². The molecule has 0 unspecified atom stereocenters. The average Bonchev–Trinajstić information content (AvgIpc) is 2.88. The minimum Gasteiger partial charge on any atom is -0.390 e. The molecule has 4 heterocycles. The van der Waals surface area contributed by atoms with Gasteiger partial charge in [-0.1, -0.05) is 19.9 Å². The molecular formula is C28H37FN6O3S. The molecule has 2 aromatic heterocycles. The molecule has 2 aliphatic heterocycles. The third-order valence-electron chi connectivity index (χ3n) is 8.00. The zero-order valence-electron chi connectivity index (χ0n) is 22.9. The van der Waals surface area contributed by atoms with Crippen LogP contribution in [0.4, 0.5) is 27.7 Å². The molecule has 4 atom stereocenters. The molecule has 2 fully saturated rings. The van der Waals surface area contributed by atoms with E-state index in [-0.39, 0.29) is 18.3 Å². The second-order valence-corrected chi connectivity index (χ2v) is 13.5. The molecule has 2 aliphatic rings. The Morgan fingerprint density at radius 1 is 1.15 bits per heavy atom. The van der Waals surface area contributed by atoms with Gasteiger partial charge in [-0.3, -0.25) is 0 Å². The summed E-state index contributed by atoms with van der Waals surface area (Å²) < 4.78 is 37.3. The van der Waals surface area contributed by atoms with Crippen molar-refractivity contribution in [3.63, 3.8) is 0 Å². The molecule has 1 aromatic carbocycles. The fourth-order valence-corrected chi connectivity index (χ4v) is 6.28. The molecule has 0 spiro atoms. The van der Waals surface area contributed by atoms with Crippen LogP contribution in [0.3, 0.4) is 0 Å². The molecule has 0 radical (unpaired) electrons. The van der Waals surface area contributed by atoms with E-state index < -0.39 is 22.1 Å². The molecule has 2 saturated heterocycles. The zero-order chi connectivity index (χ0) is 27.9. The van der Waals surface area contributed by atoms with Crippen LogP contribution in [0.2, 0.25) is 0 Å². The number of fused-ring (bicyclic) bond motifs is 1. The maximum absolute atomic E-state index is 14.1. The van der Waals surface area contributed by atoms with E-state index in [1.807, 2.05) is 12.3 Å². The highest BCUT2D eigenvalue weighted by Crippen LogP contribution is 2.40. The number of aliphatic hydroxyl groups excluding tert-OH is 1. The van der Waals surface area contributed by atoms with E-state index in [1.54, 1.807) is 17.2 Å². The number of benzene rings is 1. The van der Waals surface area contributed by atoms with Crippen molar-refractivity contribution in [3.05, 3.63) is 42.2 Å². The molecule has 0 bridgehead atoms. The highest BCUT2D eigenvalue weighted by Gasteiger charge is 2.36. The summed E-state index contributed by atoms with van der Waals surface area (Å²) in [5.41, 5.74) is 2.32. The van der Waals surface area contributed by atoms with Gasteiger partial charge >= 0.3 is 0 Å². The Morgan fingerprint density at radius 3 is 2.64 bits per heavy atom. The molecule has 3 aromatic rings. The molecule has 5 rings (SSSR count). The number of aliphatic hydroxyl groups is 1. The number of nitrogens with zero attached hydrogens (tertiary/aromatic N) is 5. The molecule has 39 heavy (non-hydrogen) atoms. The van der Waals surface area contributed by atoms with Crippen LogP contribution in [-0.4, -0.2) is 78.4 Å². The molecule has 0 aliphatic carbocycles. The van der Waals surface area contributed by atoms with E-state index in [9.17, 15) is 17.9 Å². The summed E-state index contributed by atoms with van der Waals surface area (Å²) in [6, 6.07) is 8.36. The first kappa shape index (κ1) is 27.5. The number of hydrogen-bond acceptors (Lipinski definition) is 9. The number of piperidine rings is 1. The SMILES string of the molecule is CC(C)c1ccc(N2C[C@H](CCS(C)(=O)=O)[C@H]2C)c2cnc(Nc3ccnc(N4CC[C@@H](O)[C@@H](F)C4)n3)cc12. The third kappa shape index (κ3) is 5.94. The van der Waals surface area contributed by atoms with Gasteiger partial charge in [-0.25, -0.2) is 22.8 Å². The van der Waals surface area contributed by atoms with Crippen molar-refractivity contribution in [1.82, 2.24) is 15.0 Å². The summed E-state index contributed by atoms with van der Waals surface area (Å²) in [7, 11) is -2.97. The van der Waals surface area contributed by atoms with Crippen LogP contribution in [0.1, 0.15) is 45.1 Å². The number of aromatic nitrogens is 3. The van der Waals surface area contributed by atoms with Crippen molar-refractivity contribution in [2.45, 2.75) is 57.8 Å². The second kappa shape index (κ2) is 10.8. The third-order valence-corrected chi connectivity index (χ3v) is 8.97. The molecule has 210 valence electrons. The Balaban J connectivity index is 1.38. The molecule has 0 amide bonds. The van der Waals surface area contributed by atoms with E-state index >= 15 is 0 Å². The number of pyridine rings is 1. The molecule has 11 heteroatoms. The van der Waals surface area contributed by atoms with Crippen molar-refractivity contribution in [1.29, 1.82) is 0 Å². The number of anilines is 4. The highest BCUT2D eigenvalue weighted by atomic mass is 32.2. The lowest BCUT2D eigenvalue weighted by atomic mass is 9.85. The van der Waals surface area contributed by atoms with Crippen LogP contribution < -0.4 is 15.1 Å². The Hall–Kier alpha value is -3.05. The Bertz CT molecular complexity index is 1450. The van der Waals surface area contributed by atoms with E-state index in [0.29, 0.717) is 48.8 Å². The van der Waals surface area contributed by atoms with Gasteiger partial charge in [0.05, 0.1) is 18.4 Å². The van der Waals surface area contributed by atoms with E-state index in [2.05, 4.69) is 53.1 Å². The smallest absolute Gasteiger partial charge is 0.227 e. The van der Waals surface area contributed by atoms with Crippen LogP contribution in [0, 0.1) is 5.92 Å². The normalized spacial score (nSPS) is 23.8. The molecule has 2 N–H and O–H groups in total. The Morgan fingerprint density at radius 2 is 1.95 bits per heavy atom. The van der Waals surface area contributed by atoms with Crippen LogP contribution in [-0.2, 0) is 9.84 Å². The van der Waals surface area contributed by atoms with Crippen LogP contribution in [0.25, 0.3) is 10.8 Å². The summed E-state index contributed by atoms with van der Waals surface area (Å²) in [6.45, 7) is 7.86. The predicted molar refractivity (Wildman–Crippen MR) is 154 cm³/mol. The van der Waals surface area contributed by atoms with Gasteiger partial charge in [0.1, 0.15) is 27.6 Å². The molecule has 9 nitrogen and oxygen atoms in total. The number of nitrogens with one attached hydrogen (secondary N) is 1. The lowest BCUT2D eigenvalue weighted by Gasteiger charge is -2.48. The predicted octanol–water partition coefficient (Wildman–Crippen LogP) is 4.06. The van der Waals surface area contributed by atoms with E-state index in [0.717, 1.165) is 23.0 Å². The first-order valence-electron chi connectivity index (χ1n) is 13.5. The highest BCUT2D eigenvalue weighted by molar-refractivity contribution is 7.90. The van der Waals surface area contributed by atoms with E-state index in [4.69, 9.17) is 4.98 Å². The van der Waals surface area contributed by atoms with Crippen molar-refractivity contribution < 1.29 is 17.9 Å². The minimum absolute atomic E-state index is 0.0589. The number of sulfone groups is 1. The van der Waals surface area contributed by atoms with Gasteiger partial charge in [0, 0.05) is 48.9 Å². The standard InChI is InChI=1S/C28H37FN6O3S/c1-17(2)20-5-6-24(35-15-19(18(35)3)9-12-39(4,37)38)22-14-31-27(13-21(20)22)32-26-7-10-30-28(33-26)34-11-8-25(36)23(29)16-34/h5-7,10,13-14,17-19,23,25,36H,8-9,11-12,15-16H2,1-4H3,(H,30,31,32,33)/t18-,19+,23+,25-/m1/s1. The summed E-state index contributed by atoms with van der Waals surface area (Å²) >= 11 is 0. The van der Waals surface area contributed by atoms with Gasteiger partial charge < -0.3 is 20.2 Å². The first-order chi connectivity index (χ1) is 18.5. The van der Waals surface area contributed by atoms with Crippen LogP contribution in [0.5, 0.6) is 0 Å². The van der Waals surface area contributed by atoms with Gasteiger partial charge in [0.25, 0.3) is 0 Å². The topological polar surface area (TPSA) is 112 Å². The number of alkyl halides is 1. The van der Waals surface area contributed by atoms with Crippen molar-refractivity contribution in [2.24, 2.45) is 5.92 Å². The fourth-order valence-electron chi connectivity index (χ4n) is 5.55. The summed E-state index contributed by atoms with van der Waals surface area (Å²) in [4.78, 5) is 17.7. The Kier molecular flexibility index (Phi) is 7.65. The average molecular weight is 557 g/mol. The number of halogens is 1. The summed E-state index contributed by atoms with van der Waals surface area (Å²) in [5, 5.41) is 15.2. The zero-order valence-corrected chi connectivity index (χ0v) is 23.7. The van der Waals surface area contributed by atoms with Gasteiger partial charge in [-0.2, -0.15) is 4.98 Å². The van der Waals surface area contributed by atoms with Gasteiger partial charge in [-0.05, 0) is 60.7 Å². The van der Waals surface area contributed by atoms with Crippen molar-refractivity contribution in [3.8, 4) is 0 Å². The van der Waals surface area contributed by atoms with Crippen LogP contribution in [0.15, 0.2) is 36.7 Å². The van der Waals surface area contributed by atoms with Crippen LogP contribution >= 0.6 is 0 Å². The van der Waals surface area contributed by atoms with E-state index in [1.165, 1.54) is 11.8 Å². The lowest BCUT2D eigenvalue weighted by Crippen LogP contribution is -2.55. The maximum atomic E-state index is 14.1. The number of hydrogen-bond donors (Lipinski definition) is 2. The van der Waals surface area contributed by atoms with Gasteiger partial charge in [0.2, 0.25) is 5.95 Å². The Labute approximate surface area is 229 Å². The summed E-state index contributed by atoms with van der Waals surface area (Å²) in [5.74, 6) is 2.49. The van der Waals surface area contributed by atoms with Gasteiger partial charge in [0.15, 0.2) is 0 Å². The first-order valence-corrected chi connectivity index (χ1v) is 15.6. The molecule has 0 saturated carbocycles. The molecular weight excluding hydrogens is 519 g/mol. The lowest BCUT2D eigenvalue weighted by molar-refractivity contribution is 0.0612.